The minimum atomic E-state index is -0.530. The molecule has 8 atom stereocenters. The normalized spacial score (nSPS) is 46.8. The first-order valence-corrected chi connectivity index (χ1v) is 12.2. The Labute approximate surface area is 185 Å². The van der Waals surface area contributed by atoms with Crippen LogP contribution < -0.4 is 0 Å². The number of hydrogen-bond donors (Lipinski definition) is 1. The lowest BCUT2D eigenvalue weighted by atomic mass is 9.43. The average Bonchev–Trinajstić information content (AvgIpc) is 3.35. The summed E-state index contributed by atoms with van der Waals surface area (Å²) in [5.74, 6) is 2.88. The van der Waals surface area contributed by atoms with E-state index in [4.69, 9.17) is 4.74 Å². The summed E-state index contributed by atoms with van der Waals surface area (Å²) in [7, 11) is 1.84. The van der Waals surface area contributed by atoms with Gasteiger partial charge in [0.2, 0.25) is 0 Å². The first kappa shape index (κ1) is 21.5. The standard InChI is InChI=1S/C24H38N4O3/c1-22(30)10-11-24(14-31-3)16(12-22)4-5-17-18-6-7-20(23(18,2)9-8-19(17)24)21(29)13-28-26-15-25-27-28/h15-20,30H,4-14H2,1-3H3/t16-,17-,18-,19-,20+,22+,23-,24+/m0/s1. The van der Waals surface area contributed by atoms with Gasteiger partial charge in [-0.25, -0.2) is 0 Å². The summed E-state index contributed by atoms with van der Waals surface area (Å²) in [6.45, 7) is 5.47. The molecule has 7 nitrogen and oxygen atoms in total. The Balaban J connectivity index is 1.38. The number of hydrogen-bond acceptors (Lipinski definition) is 6. The average molecular weight is 431 g/mol. The molecule has 0 unspecified atom stereocenters. The number of aliphatic hydroxyl groups is 1. The number of nitrogens with zero attached hydrogens (tertiary/aromatic N) is 4. The highest BCUT2D eigenvalue weighted by Crippen LogP contribution is 2.68. The lowest BCUT2D eigenvalue weighted by Crippen LogP contribution is -2.58. The minimum Gasteiger partial charge on any atom is -0.390 e. The maximum absolute atomic E-state index is 13.2. The number of carbonyl (C=O) groups is 1. The number of methoxy groups -OCH3 is 1. The zero-order valence-corrected chi connectivity index (χ0v) is 19.3. The molecule has 4 saturated carbocycles. The lowest BCUT2D eigenvalue weighted by Gasteiger charge is -2.62. The van der Waals surface area contributed by atoms with Gasteiger partial charge in [-0.3, -0.25) is 4.79 Å². The molecule has 0 amide bonds. The summed E-state index contributed by atoms with van der Waals surface area (Å²) >= 11 is 0. The van der Waals surface area contributed by atoms with Crippen LogP contribution in [0.2, 0.25) is 0 Å². The summed E-state index contributed by atoms with van der Waals surface area (Å²) in [6.07, 6.45) is 11.1. The van der Waals surface area contributed by atoms with E-state index in [1.54, 1.807) is 0 Å². The van der Waals surface area contributed by atoms with Crippen LogP contribution in [0.4, 0.5) is 0 Å². The maximum atomic E-state index is 13.2. The second kappa shape index (κ2) is 7.62. The molecule has 0 aromatic carbocycles. The van der Waals surface area contributed by atoms with Gasteiger partial charge >= 0.3 is 0 Å². The summed E-state index contributed by atoms with van der Waals surface area (Å²) in [4.78, 5) is 14.6. The Kier molecular flexibility index (Phi) is 5.28. The number of aromatic nitrogens is 4. The van der Waals surface area contributed by atoms with E-state index in [1.807, 2.05) is 14.0 Å². The van der Waals surface area contributed by atoms with E-state index in [2.05, 4.69) is 22.3 Å². The number of Topliss-reactive ketones (excluding diaryl/α,β-unsaturated/α-hetero) is 1. The quantitative estimate of drug-likeness (QED) is 0.771. The zero-order valence-electron chi connectivity index (χ0n) is 19.3. The van der Waals surface area contributed by atoms with Crippen LogP contribution in [0.5, 0.6) is 0 Å². The minimum absolute atomic E-state index is 0.0834. The number of ether oxygens (including phenoxy) is 1. The largest absolute Gasteiger partial charge is 0.390 e. The van der Waals surface area contributed by atoms with E-state index in [0.717, 1.165) is 45.1 Å². The Morgan fingerprint density at radius 3 is 2.71 bits per heavy atom. The molecule has 7 heteroatoms. The highest BCUT2D eigenvalue weighted by molar-refractivity contribution is 5.81. The second-order valence-corrected chi connectivity index (χ2v) is 11.6. The van der Waals surface area contributed by atoms with E-state index >= 15 is 0 Å². The Morgan fingerprint density at radius 1 is 1.13 bits per heavy atom. The van der Waals surface area contributed by atoms with E-state index < -0.39 is 5.60 Å². The maximum Gasteiger partial charge on any atom is 0.162 e. The number of rotatable bonds is 5. The molecule has 31 heavy (non-hydrogen) atoms. The van der Waals surface area contributed by atoms with Gasteiger partial charge in [0.25, 0.3) is 0 Å². The van der Waals surface area contributed by atoms with Crippen LogP contribution in [0, 0.1) is 40.4 Å². The van der Waals surface area contributed by atoms with Crippen molar-refractivity contribution >= 4 is 5.78 Å². The first-order valence-electron chi connectivity index (χ1n) is 12.2. The molecule has 0 radical (unpaired) electrons. The molecular formula is C24H38N4O3. The molecule has 4 aliphatic rings. The van der Waals surface area contributed by atoms with Crippen molar-refractivity contribution < 1.29 is 14.6 Å². The van der Waals surface area contributed by atoms with Gasteiger partial charge in [-0.15, -0.1) is 10.2 Å². The zero-order chi connectivity index (χ0) is 21.9. The molecule has 1 aromatic rings. The van der Waals surface area contributed by atoms with Crippen molar-refractivity contribution in [3.8, 4) is 0 Å². The molecule has 5 rings (SSSR count). The summed E-state index contributed by atoms with van der Waals surface area (Å²) in [6, 6.07) is 0. The third kappa shape index (κ3) is 3.38. The van der Waals surface area contributed by atoms with Gasteiger partial charge < -0.3 is 9.84 Å². The van der Waals surface area contributed by atoms with E-state index in [1.165, 1.54) is 30.4 Å². The molecule has 4 fully saturated rings. The topological polar surface area (TPSA) is 90.1 Å². The van der Waals surface area contributed by atoms with E-state index in [0.29, 0.717) is 23.7 Å². The van der Waals surface area contributed by atoms with Crippen molar-refractivity contribution in [3.05, 3.63) is 6.33 Å². The summed E-state index contributed by atoms with van der Waals surface area (Å²) < 4.78 is 5.85. The van der Waals surface area contributed by atoms with Crippen LogP contribution in [0.15, 0.2) is 6.33 Å². The molecule has 0 saturated heterocycles. The van der Waals surface area contributed by atoms with E-state index in [-0.39, 0.29) is 29.1 Å². The van der Waals surface area contributed by atoms with Crippen LogP contribution >= 0.6 is 0 Å². The van der Waals surface area contributed by atoms with Gasteiger partial charge in [-0.05, 0) is 104 Å². The number of tetrazole rings is 1. The van der Waals surface area contributed by atoms with Crippen molar-refractivity contribution in [3.63, 3.8) is 0 Å². The van der Waals surface area contributed by atoms with Crippen molar-refractivity contribution in [2.24, 2.45) is 40.4 Å². The third-order valence-corrected chi connectivity index (χ3v) is 10.1. The Hall–Kier alpha value is -1.34. The smallest absolute Gasteiger partial charge is 0.162 e. The molecule has 0 bridgehead atoms. The van der Waals surface area contributed by atoms with Gasteiger partial charge in [0, 0.05) is 13.0 Å². The molecule has 4 aliphatic carbocycles. The highest BCUT2D eigenvalue weighted by atomic mass is 16.5. The van der Waals surface area contributed by atoms with Crippen molar-refractivity contribution in [1.29, 1.82) is 0 Å². The fourth-order valence-corrected chi connectivity index (χ4v) is 8.82. The lowest BCUT2D eigenvalue weighted by molar-refractivity contribution is -0.175. The second-order valence-electron chi connectivity index (χ2n) is 11.6. The Bertz CT molecular complexity index is 812. The van der Waals surface area contributed by atoms with Gasteiger partial charge in [0.1, 0.15) is 6.54 Å². The van der Waals surface area contributed by atoms with Gasteiger partial charge in [0.15, 0.2) is 12.1 Å². The molecule has 0 aliphatic heterocycles. The van der Waals surface area contributed by atoms with Crippen LogP contribution in [0.25, 0.3) is 0 Å². The third-order valence-electron chi connectivity index (χ3n) is 10.1. The van der Waals surface area contributed by atoms with Crippen LogP contribution in [0.3, 0.4) is 0 Å². The molecule has 172 valence electrons. The SMILES string of the molecule is COC[C@]12CC[C@@](C)(O)C[C@@H]1CC[C@H]1[C@@H]3CC[C@H](C(=O)Cn4ncnn4)[C@@]3(C)CC[C@@H]12. The fourth-order valence-electron chi connectivity index (χ4n) is 8.82. The van der Waals surface area contributed by atoms with Gasteiger partial charge in [-0.1, -0.05) is 6.92 Å². The van der Waals surface area contributed by atoms with Crippen LogP contribution in [0.1, 0.15) is 71.6 Å². The predicted molar refractivity (Wildman–Crippen MR) is 115 cm³/mol. The summed E-state index contributed by atoms with van der Waals surface area (Å²) in [5.41, 5.74) is -0.244. The van der Waals surface area contributed by atoms with E-state index in [9.17, 15) is 9.90 Å². The Morgan fingerprint density at radius 2 is 1.97 bits per heavy atom. The number of ketones is 1. The predicted octanol–water partition coefficient (Wildman–Crippen LogP) is 3.28. The van der Waals surface area contributed by atoms with Crippen molar-refractivity contribution in [2.75, 3.05) is 13.7 Å². The van der Waals surface area contributed by atoms with Crippen molar-refractivity contribution in [2.45, 2.75) is 83.8 Å². The van der Waals surface area contributed by atoms with Crippen LogP contribution in [-0.4, -0.2) is 50.4 Å². The van der Waals surface area contributed by atoms with Gasteiger partial charge in [-0.2, -0.15) is 4.80 Å². The van der Waals surface area contributed by atoms with Crippen LogP contribution in [-0.2, 0) is 16.1 Å². The fraction of sp³-hybridized carbons (Fsp3) is 0.917. The van der Waals surface area contributed by atoms with Gasteiger partial charge in [0.05, 0.1) is 12.2 Å². The molecular weight excluding hydrogens is 392 g/mol. The first-order chi connectivity index (χ1) is 14.8. The summed E-state index contributed by atoms with van der Waals surface area (Å²) in [5, 5.41) is 22.5. The molecule has 1 N–H and O–H groups in total. The molecule has 0 spiro atoms. The molecule has 1 heterocycles. The number of fused-ring (bicyclic) bond motifs is 5. The monoisotopic (exact) mass is 430 g/mol. The highest BCUT2D eigenvalue weighted by Gasteiger charge is 2.63. The molecule has 1 aromatic heterocycles. The number of carbonyl (C=O) groups excluding carboxylic acids is 1. The van der Waals surface area contributed by atoms with Crippen molar-refractivity contribution in [1.82, 2.24) is 20.2 Å².